The molecule has 1 aliphatic carbocycles. The number of esters is 1. The fraction of sp³-hybridized carbons (Fsp3) is 0.577. The van der Waals surface area contributed by atoms with Crippen molar-refractivity contribution < 1.29 is 38.6 Å². The number of phenols is 1. The van der Waals surface area contributed by atoms with Crippen molar-refractivity contribution >= 4 is 29.8 Å². The molecule has 1 aromatic carbocycles. The molecular formula is C26H38N4O8. The van der Waals surface area contributed by atoms with Gasteiger partial charge in [0.15, 0.2) is 0 Å². The molecule has 0 aromatic heterocycles. The van der Waals surface area contributed by atoms with E-state index in [1.165, 1.54) is 29.2 Å². The lowest BCUT2D eigenvalue weighted by molar-refractivity contribution is -0.148. The summed E-state index contributed by atoms with van der Waals surface area (Å²) in [5.41, 5.74) is 4.93. The van der Waals surface area contributed by atoms with E-state index in [2.05, 4.69) is 10.6 Å². The van der Waals surface area contributed by atoms with Gasteiger partial charge in [0.2, 0.25) is 17.7 Å². The number of hydrogen-bond donors (Lipinski definition) is 4. The molecule has 2 unspecified atom stereocenters. The Morgan fingerprint density at radius 3 is 2.26 bits per heavy atom. The zero-order valence-electron chi connectivity index (χ0n) is 22.3. The third-order valence-corrected chi connectivity index (χ3v) is 5.79. The van der Waals surface area contributed by atoms with Crippen molar-refractivity contribution in [3.05, 3.63) is 29.8 Å². The highest BCUT2D eigenvalue weighted by Crippen LogP contribution is 2.34. The van der Waals surface area contributed by atoms with Crippen molar-refractivity contribution in [2.45, 2.75) is 83.5 Å². The van der Waals surface area contributed by atoms with Gasteiger partial charge >= 0.3 is 12.1 Å². The summed E-state index contributed by atoms with van der Waals surface area (Å²) in [5, 5.41) is 14.9. The molecule has 2 atom stereocenters. The second-order valence-corrected chi connectivity index (χ2v) is 10.0. The van der Waals surface area contributed by atoms with Crippen LogP contribution in [0.5, 0.6) is 5.75 Å². The lowest BCUT2D eigenvalue weighted by atomic mass is 9.88. The number of carbonyl (C=O) groups is 5. The quantitative estimate of drug-likeness (QED) is 0.292. The van der Waals surface area contributed by atoms with Gasteiger partial charge in [-0.15, -0.1) is 0 Å². The maximum absolute atomic E-state index is 13.9. The molecule has 1 fully saturated rings. The molecule has 210 valence electrons. The summed E-state index contributed by atoms with van der Waals surface area (Å²) in [7, 11) is 0. The number of aromatic hydroxyl groups is 1. The number of phenolic OH excluding ortho intramolecular Hbond substituents is 1. The number of rotatable bonds is 12. The molecule has 2 rings (SSSR count). The maximum Gasteiger partial charge on any atom is 0.408 e. The molecule has 12 heteroatoms. The van der Waals surface area contributed by atoms with Crippen molar-refractivity contribution in [3.8, 4) is 5.75 Å². The molecule has 0 bridgehead atoms. The van der Waals surface area contributed by atoms with Crippen molar-refractivity contribution in [2.24, 2.45) is 5.73 Å². The van der Waals surface area contributed by atoms with Gasteiger partial charge in [0.1, 0.15) is 23.4 Å². The molecule has 1 aliphatic rings. The fourth-order valence-corrected chi connectivity index (χ4v) is 3.93. The highest BCUT2D eigenvalue weighted by Gasteiger charge is 2.42. The largest absolute Gasteiger partial charge is 0.508 e. The Morgan fingerprint density at radius 2 is 1.76 bits per heavy atom. The van der Waals surface area contributed by atoms with Gasteiger partial charge in [0, 0.05) is 12.6 Å². The van der Waals surface area contributed by atoms with Gasteiger partial charge in [0.25, 0.3) is 0 Å². The predicted octanol–water partition coefficient (Wildman–Crippen LogP) is 1.65. The van der Waals surface area contributed by atoms with Gasteiger partial charge in [-0.1, -0.05) is 12.1 Å². The summed E-state index contributed by atoms with van der Waals surface area (Å²) in [6.45, 7) is 6.81. The van der Waals surface area contributed by atoms with Gasteiger partial charge in [-0.05, 0) is 64.7 Å². The van der Waals surface area contributed by atoms with Crippen molar-refractivity contribution in [3.63, 3.8) is 0 Å². The lowest BCUT2D eigenvalue weighted by Gasteiger charge is -2.43. The number of ether oxygens (including phenoxy) is 2. The summed E-state index contributed by atoms with van der Waals surface area (Å²) in [5.74, 6) is -2.60. The average molecular weight is 535 g/mol. The molecule has 38 heavy (non-hydrogen) atoms. The van der Waals surface area contributed by atoms with Crippen LogP contribution in [0, 0.1) is 0 Å². The first-order valence-electron chi connectivity index (χ1n) is 12.6. The van der Waals surface area contributed by atoms with Crippen molar-refractivity contribution in [2.75, 3.05) is 13.2 Å². The second kappa shape index (κ2) is 13.6. The number of nitrogens with zero attached hydrogens (tertiary/aromatic N) is 1. The van der Waals surface area contributed by atoms with E-state index in [0.29, 0.717) is 18.4 Å². The minimum absolute atomic E-state index is 0.0280. The number of hydrogen-bond acceptors (Lipinski definition) is 8. The topological polar surface area (TPSA) is 177 Å². The fourth-order valence-electron chi connectivity index (χ4n) is 3.93. The number of nitrogens with one attached hydrogen (secondary N) is 2. The minimum Gasteiger partial charge on any atom is -0.508 e. The van der Waals surface area contributed by atoms with E-state index in [9.17, 15) is 29.1 Å². The van der Waals surface area contributed by atoms with E-state index < -0.39 is 53.9 Å². The van der Waals surface area contributed by atoms with Gasteiger partial charge in [-0.25, -0.2) is 4.79 Å². The van der Waals surface area contributed by atoms with Crippen LogP contribution in [0.3, 0.4) is 0 Å². The van der Waals surface area contributed by atoms with Crippen LogP contribution in [0.4, 0.5) is 4.79 Å². The Balaban J connectivity index is 2.41. The molecule has 1 saturated carbocycles. The van der Waals surface area contributed by atoms with E-state index in [0.717, 1.165) is 6.42 Å². The Hall–Kier alpha value is -3.83. The third-order valence-electron chi connectivity index (χ3n) is 5.79. The van der Waals surface area contributed by atoms with Crippen LogP contribution >= 0.6 is 0 Å². The summed E-state index contributed by atoms with van der Waals surface area (Å²) in [6.07, 6.45) is 0.544. The number of nitrogens with two attached hydrogens (primary N) is 1. The first-order chi connectivity index (χ1) is 17.8. The summed E-state index contributed by atoms with van der Waals surface area (Å²) < 4.78 is 10.2. The molecule has 0 radical (unpaired) electrons. The smallest absolute Gasteiger partial charge is 0.408 e. The first kappa shape index (κ1) is 30.4. The van der Waals surface area contributed by atoms with Gasteiger partial charge in [-0.2, -0.15) is 0 Å². The Labute approximate surface area is 222 Å². The monoisotopic (exact) mass is 534 g/mol. The zero-order chi connectivity index (χ0) is 28.5. The number of primary amides is 1. The molecule has 0 spiro atoms. The van der Waals surface area contributed by atoms with Crippen LogP contribution in [-0.2, 0) is 28.7 Å². The Bertz CT molecular complexity index is 1000. The Morgan fingerprint density at radius 1 is 1.13 bits per heavy atom. The van der Waals surface area contributed by atoms with E-state index in [4.69, 9.17) is 15.2 Å². The van der Waals surface area contributed by atoms with Crippen LogP contribution in [-0.4, -0.2) is 70.6 Å². The van der Waals surface area contributed by atoms with Gasteiger partial charge in [-0.3, -0.25) is 19.2 Å². The molecule has 4 amide bonds. The summed E-state index contributed by atoms with van der Waals surface area (Å²) in [4.78, 5) is 64.8. The highest BCUT2D eigenvalue weighted by atomic mass is 16.6. The average Bonchev–Trinajstić information content (AvgIpc) is 2.76. The van der Waals surface area contributed by atoms with Crippen LogP contribution in [0.25, 0.3) is 0 Å². The van der Waals surface area contributed by atoms with E-state index in [-0.39, 0.29) is 31.4 Å². The molecule has 0 saturated heterocycles. The number of carbonyl (C=O) groups excluding carboxylic acids is 5. The SMILES string of the molecule is CCOC(=O)CCNC(=O)C(c1ccc(O)cc1)N(C(=O)C(CC(N)=O)NC(=O)OC(C)(C)C)C1CCC1. The molecule has 5 N–H and O–H groups in total. The molecule has 0 heterocycles. The first-order valence-corrected chi connectivity index (χ1v) is 12.6. The number of benzene rings is 1. The predicted molar refractivity (Wildman–Crippen MR) is 137 cm³/mol. The number of amides is 4. The van der Waals surface area contributed by atoms with E-state index >= 15 is 0 Å². The van der Waals surface area contributed by atoms with Crippen molar-refractivity contribution in [1.29, 1.82) is 0 Å². The third kappa shape index (κ3) is 9.24. The standard InChI is InChI=1S/C26H38N4O8/c1-5-37-21(33)13-14-28-23(34)22(16-9-11-18(31)12-10-16)30(17-7-6-8-17)24(35)19(15-20(27)32)29-25(36)38-26(2,3)4/h9-12,17,19,22,31H,5-8,13-15H2,1-4H3,(H2,27,32)(H,28,34)(H,29,36). The minimum atomic E-state index is -1.38. The molecule has 0 aliphatic heterocycles. The van der Waals surface area contributed by atoms with Crippen LogP contribution in [0.2, 0.25) is 0 Å². The molecular weight excluding hydrogens is 496 g/mol. The molecule has 1 aromatic rings. The van der Waals surface area contributed by atoms with Gasteiger partial charge < -0.3 is 35.8 Å². The molecule has 12 nitrogen and oxygen atoms in total. The zero-order valence-corrected chi connectivity index (χ0v) is 22.3. The highest BCUT2D eigenvalue weighted by molar-refractivity contribution is 5.95. The van der Waals surface area contributed by atoms with Crippen molar-refractivity contribution in [1.82, 2.24) is 15.5 Å². The normalized spacial score (nSPS) is 14.8. The maximum atomic E-state index is 13.9. The second-order valence-electron chi connectivity index (χ2n) is 10.0. The van der Waals surface area contributed by atoms with E-state index in [1.54, 1.807) is 27.7 Å². The summed E-state index contributed by atoms with van der Waals surface area (Å²) in [6, 6.07) is 2.88. The summed E-state index contributed by atoms with van der Waals surface area (Å²) >= 11 is 0. The van der Waals surface area contributed by atoms with Crippen LogP contribution < -0.4 is 16.4 Å². The van der Waals surface area contributed by atoms with Gasteiger partial charge in [0.05, 0.1) is 19.4 Å². The lowest BCUT2D eigenvalue weighted by Crippen LogP contribution is -2.58. The Kier molecular flexibility index (Phi) is 10.9. The number of alkyl carbamates (subject to hydrolysis) is 1. The van der Waals surface area contributed by atoms with Crippen LogP contribution in [0.15, 0.2) is 24.3 Å². The van der Waals surface area contributed by atoms with Crippen LogP contribution in [0.1, 0.15) is 71.4 Å². The van der Waals surface area contributed by atoms with E-state index in [1.807, 2.05) is 0 Å².